The third-order valence-electron chi connectivity index (χ3n) is 3.80. The van der Waals surface area contributed by atoms with Gasteiger partial charge in [-0.2, -0.15) is 4.98 Å². The summed E-state index contributed by atoms with van der Waals surface area (Å²) in [7, 11) is 4.10. The fourth-order valence-electron chi connectivity index (χ4n) is 2.47. The normalized spacial score (nSPS) is 20.8. The standard InChI is InChI=1S/C14H18N4O3/c1-17-5-6-18(2)11(8-17)13-15-14(21-16-13)10-4-3-9(19)7-12(10)20/h3-4,7,11,19-20H,5-6,8H2,1-2H3. The number of aromatic nitrogens is 2. The quantitative estimate of drug-likeness (QED) is 0.855. The minimum absolute atomic E-state index is 0.00960. The first kappa shape index (κ1) is 13.8. The van der Waals surface area contributed by atoms with E-state index in [1.807, 2.05) is 7.05 Å². The molecule has 1 fully saturated rings. The zero-order valence-electron chi connectivity index (χ0n) is 12.0. The summed E-state index contributed by atoms with van der Waals surface area (Å²) < 4.78 is 5.26. The molecular weight excluding hydrogens is 272 g/mol. The summed E-state index contributed by atoms with van der Waals surface area (Å²) in [5.41, 5.74) is 0.415. The van der Waals surface area contributed by atoms with E-state index in [0.717, 1.165) is 19.6 Å². The maximum atomic E-state index is 9.85. The van der Waals surface area contributed by atoms with Crippen molar-refractivity contribution in [3.05, 3.63) is 24.0 Å². The monoisotopic (exact) mass is 290 g/mol. The Morgan fingerprint density at radius 3 is 2.81 bits per heavy atom. The number of aromatic hydroxyl groups is 2. The third kappa shape index (κ3) is 2.70. The van der Waals surface area contributed by atoms with Crippen molar-refractivity contribution >= 4 is 0 Å². The average Bonchev–Trinajstić information content (AvgIpc) is 2.91. The van der Waals surface area contributed by atoms with Crippen molar-refractivity contribution in [1.82, 2.24) is 19.9 Å². The first-order chi connectivity index (χ1) is 10.0. The molecule has 0 aliphatic carbocycles. The van der Waals surface area contributed by atoms with Crippen molar-refractivity contribution < 1.29 is 14.7 Å². The van der Waals surface area contributed by atoms with Crippen LogP contribution in [0.25, 0.3) is 11.5 Å². The van der Waals surface area contributed by atoms with E-state index in [1.54, 1.807) is 6.07 Å². The number of phenols is 2. The predicted molar refractivity (Wildman–Crippen MR) is 75.9 cm³/mol. The Balaban J connectivity index is 1.89. The highest BCUT2D eigenvalue weighted by atomic mass is 16.5. The zero-order valence-corrected chi connectivity index (χ0v) is 12.0. The van der Waals surface area contributed by atoms with Crippen LogP contribution in [-0.2, 0) is 0 Å². The molecule has 1 aromatic carbocycles. The molecule has 1 atom stereocenters. The third-order valence-corrected chi connectivity index (χ3v) is 3.80. The topological polar surface area (TPSA) is 85.9 Å². The number of benzene rings is 1. The van der Waals surface area contributed by atoms with E-state index in [1.165, 1.54) is 12.1 Å². The van der Waals surface area contributed by atoms with Crippen molar-refractivity contribution in [3.8, 4) is 23.0 Å². The van der Waals surface area contributed by atoms with Gasteiger partial charge in [-0.05, 0) is 26.2 Å². The second-order valence-electron chi connectivity index (χ2n) is 5.42. The van der Waals surface area contributed by atoms with E-state index >= 15 is 0 Å². The lowest BCUT2D eigenvalue weighted by Crippen LogP contribution is -2.45. The summed E-state index contributed by atoms with van der Waals surface area (Å²) in [5, 5.41) is 23.2. The Bertz CT molecular complexity index is 643. The lowest BCUT2D eigenvalue weighted by molar-refractivity contribution is 0.108. The summed E-state index contributed by atoms with van der Waals surface area (Å²) in [6.07, 6.45) is 0. The van der Waals surface area contributed by atoms with Crippen LogP contribution in [0.4, 0.5) is 0 Å². The molecule has 2 heterocycles. The van der Waals surface area contributed by atoms with Gasteiger partial charge >= 0.3 is 0 Å². The van der Waals surface area contributed by atoms with Gasteiger partial charge in [-0.3, -0.25) is 4.90 Å². The summed E-state index contributed by atoms with van der Waals surface area (Å²) in [6.45, 7) is 2.78. The first-order valence-corrected chi connectivity index (χ1v) is 6.79. The van der Waals surface area contributed by atoms with Crippen LogP contribution in [0, 0.1) is 0 Å². The van der Waals surface area contributed by atoms with Crippen LogP contribution in [-0.4, -0.2) is 63.9 Å². The Morgan fingerprint density at radius 2 is 2.05 bits per heavy atom. The molecule has 1 saturated heterocycles. The maximum absolute atomic E-state index is 9.85. The molecule has 0 amide bonds. The molecular formula is C14H18N4O3. The summed E-state index contributed by atoms with van der Waals surface area (Å²) in [5.74, 6) is 0.764. The molecule has 0 radical (unpaired) electrons. The lowest BCUT2D eigenvalue weighted by Gasteiger charge is -2.35. The molecule has 21 heavy (non-hydrogen) atoms. The highest BCUT2D eigenvalue weighted by molar-refractivity contribution is 5.63. The van der Waals surface area contributed by atoms with Crippen molar-refractivity contribution in [2.75, 3.05) is 33.7 Å². The number of likely N-dealkylation sites (N-methyl/N-ethyl adjacent to an activating group) is 2. The molecule has 112 valence electrons. The SMILES string of the molecule is CN1CCN(C)C(c2noc(-c3ccc(O)cc3O)n2)C1. The molecule has 1 unspecified atom stereocenters. The smallest absolute Gasteiger partial charge is 0.261 e. The van der Waals surface area contributed by atoms with Crippen LogP contribution < -0.4 is 0 Å². The van der Waals surface area contributed by atoms with Crippen molar-refractivity contribution in [1.29, 1.82) is 0 Å². The molecule has 1 aliphatic heterocycles. The fourth-order valence-corrected chi connectivity index (χ4v) is 2.47. The van der Waals surface area contributed by atoms with Crippen LogP contribution in [0.5, 0.6) is 11.5 Å². The van der Waals surface area contributed by atoms with Crippen LogP contribution in [0.15, 0.2) is 22.7 Å². The number of hydrogen-bond acceptors (Lipinski definition) is 7. The second-order valence-corrected chi connectivity index (χ2v) is 5.42. The highest BCUT2D eigenvalue weighted by Gasteiger charge is 2.28. The molecule has 1 aliphatic rings. The van der Waals surface area contributed by atoms with Gasteiger partial charge in [0.05, 0.1) is 11.6 Å². The Morgan fingerprint density at radius 1 is 1.24 bits per heavy atom. The van der Waals surface area contributed by atoms with Gasteiger partial charge in [-0.15, -0.1) is 0 Å². The van der Waals surface area contributed by atoms with Crippen molar-refractivity contribution in [3.63, 3.8) is 0 Å². The van der Waals surface area contributed by atoms with Crippen molar-refractivity contribution in [2.24, 2.45) is 0 Å². The maximum Gasteiger partial charge on any atom is 0.261 e. The molecule has 0 saturated carbocycles. The highest BCUT2D eigenvalue weighted by Crippen LogP contribution is 2.32. The van der Waals surface area contributed by atoms with Gasteiger partial charge in [0.25, 0.3) is 5.89 Å². The van der Waals surface area contributed by atoms with Crippen LogP contribution in [0.3, 0.4) is 0 Å². The fraction of sp³-hybridized carbons (Fsp3) is 0.429. The van der Waals surface area contributed by atoms with E-state index in [-0.39, 0.29) is 23.4 Å². The Kier molecular flexibility index (Phi) is 3.52. The van der Waals surface area contributed by atoms with Gasteiger partial charge in [-0.25, -0.2) is 0 Å². The van der Waals surface area contributed by atoms with E-state index in [0.29, 0.717) is 11.4 Å². The van der Waals surface area contributed by atoms with E-state index in [4.69, 9.17) is 4.52 Å². The van der Waals surface area contributed by atoms with Gasteiger partial charge in [0.2, 0.25) is 0 Å². The first-order valence-electron chi connectivity index (χ1n) is 6.79. The Labute approximate surface area is 122 Å². The predicted octanol–water partition coefficient (Wildman–Crippen LogP) is 1.07. The van der Waals surface area contributed by atoms with Crippen LogP contribution >= 0.6 is 0 Å². The molecule has 7 nitrogen and oxygen atoms in total. The number of rotatable bonds is 2. The van der Waals surface area contributed by atoms with Crippen molar-refractivity contribution in [2.45, 2.75) is 6.04 Å². The van der Waals surface area contributed by atoms with Crippen LogP contribution in [0.1, 0.15) is 11.9 Å². The average molecular weight is 290 g/mol. The largest absolute Gasteiger partial charge is 0.508 e. The molecule has 2 N–H and O–H groups in total. The lowest BCUT2D eigenvalue weighted by atomic mass is 10.1. The summed E-state index contributed by atoms with van der Waals surface area (Å²) >= 11 is 0. The number of hydrogen-bond donors (Lipinski definition) is 2. The van der Waals surface area contributed by atoms with E-state index in [2.05, 4.69) is 27.0 Å². The van der Waals surface area contributed by atoms with Gasteiger partial charge in [-0.1, -0.05) is 5.16 Å². The van der Waals surface area contributed by atoms with Crippen LogP contribution in [0.2, 0.25) is 0 Å². The van der Waals surface area contributed by atoms with Gasteiger partial charge < -0.3 is 19.6 Å². The number of piperazine rings is 1. The summed E-state index contributed by atoms with van der Waals surface area (Å²) in [4.78, 5) is 8.80. The van der Waals surface area contributed by atoms with Gasteiger partial charge in [0.15, 0.2) is 5.82 Å². The molecule has 3 rings (SSSR count). The Hall–Kier alpha value is -2.12. The minimum Gasteiger partial charge on any atom is -0.508 e. The second kappa shape index (κ2) is 5.34. The molecule has 0 bridgehead atoms. The molecule has 1 aromatic heterocycles. The van der Waals surface area contributed by atoms with Gasteiger partial charge in [0.1, 0.15) is 11.5 Å². The van der Waals surface area contributed by atoms with E-state index < -0.39 is 0 Å². The molecule has 2 aromatic rings. The molecule has 0 spiro atoms. The van der Waals surface area contributed by atoms with E-state index in [9.17, 15) is 10.2 Å². The van der Waals surface area contributed by atoms with Gasteiger partial charge in [0, 0.05) is 25.7 Å². The zero-order chi connectivity index (χ0) is 15.0. The number of phenolic OH excluding ortho intramolecular Hbond substituents is 2. The summed E-state index contributed by atoms with van der Waals surface area (Å²) in [6, 6.07) is 4.35. The molecule has 7 heteroatoms. The number of nitrogens with zero attached hydrogens (tertiary/aromatic N) is 4. The minimum atomic E-state index is -0.0840.